The van der Waals surface area contributed by atoms with E-state index in [0.29, 0.717) is 6.54 Å². The maximum atomic E-state index is 11.2. The highest BCUT2D eigenvalue weighted by Crippen LogP contribution is 2.04. The molecule has 0 bridgehead atoms. The van der Waals surface area contributed by atoms with E-state index in [1.807, 2.05) is 0 Å². The van der Waals surface area contributed by atoms with Gasteiger partial charge in [-0.3, -0.25) is 14.5 Å². The number of amides is 2. The molecule has 0 aliphatic carbocycles. The zero-order chi connectivity index (χ0) is 11.5. The Bertz CT molecular complexity index is 271. The van der Waals surface area contributed by atoms with Crippen LogP contribution in [0.1, 0.15) is 27.2 Å². The van der Waals surface area contributed by atoms with Gasteiger partial charge in [-0.2, -0.15) is 0 Å². The van der Waals surface area contributed by atoms with E-state index < -0.39 is 0 Å². The number of nitrogens with one attached hydrogen (secondary N) is 1. The molecule has 0 spiro atoms. The maximum absolute atomic E-state index is 11.2. The van der Waals surface area contributed by atoms with Crippen LogP contribution in [0.2, 0.25) is 0 Å². The van der Waals surface area contributed by atoms with Gasteiger partial charge in [-0.1, -0.05) is 0 Å². The molecule has 0 aromatic carbocycles. The van der Waals surface area contributed by atoms with Crippen molar-refractivity contribution in [2.75, 3.05) is 13.1 Å². The fraction of sp³-hybridized carbons (Fsp3) is 0.636. The summed E-state index contributed by atoms with van der Waals surface area (Å²) in [7, 11) is 0. The van der Waals surface area contributed by atoms with Crippen LogP contribution in [-0.2, 0) is 9.59 Å². The van der Waals surface area contributed by atoms with Gasteiger partial charge in [0.1, 0.15) is 0 Å². The van der Waals surface area contributed by atoms with Gasteiger partial charge in [-0.05, 0) is 33.7 Å². The molecule has 15 heavy (non-hydrogen) atoms. The highest BCUT2D eigenvalue weighted by Gasteiger charge is 2.22. The molecule has 0 radical (unpaired) electrons. The molecule has 1 aliphatic heterocycles. The second kappa shape index (κ2) is 4.57. The van der Waals surface area contributed by atoms with Gasteiger partial charge in [0.25, 0.3) is 11.8 Å². The summed E-state index contributed by atoms with van der Waals surface area (Å²) in [4.78, 5) is 23.6. The van der Waals surface area contributed by atoms with Crippen molar-refractivity contribution in [3.63, 3.8) is 0 Å². The van der Waals surface area contributed by atoms with Crippen LogP contribution in [0.5, 0.6) is 0 Å². The van der Waals surface area contributed by atoms with Gasteiger partial charge in [0, 0.05) is 24.2 Å². The van der Waals surface area contributed by atoms with Gasteiger partial charge in [0.2, 0.25) is 0 Å². The Balaban J connectivity index is 2.21. The molecule has 0 unspecified atom stereocenters. The Labute approximate surface area is 90.3 Å². The molecule has 1 N–H and O–H groups in total. The number of carbonyl (C=O) groups excluding carboxylic acids is 2. The third kappa shape index (κ3) is 3.83. The van der Waals surface area contributed by atoms with Gasteiger partial charge in [0.05, 0.1) is 0 Å². The minimum Gasteiger partial charge on any atom is -0.312 e. The first-order chi connectivity index (χ1) is 6.90. The second-order valence-corrected chi connectivity index (χ2v) is 4.69. The summed E-state index contributed by atoms with van der Waals surface area (Å²) in [5, 5.41) is 3.31. The lowest BCUT2D eigenvalue weighted by Crippen LogP contribution is -2.38. The molecule has 4 heteroatoms. The first-order valence-corrected chi connectivity index (χ1v) is 5.19. The maximum Gasteiger partial charge on any atom is 0.253 e. The average Bonchev–Trinajstić information content (AvgIpc) is 2.40. The molecule has 0 saturated heterocycles. The summed E-state index contributed by atoms with van der Waals surface area (Å²) in [5.41, 5.74) is 0.0806. The van der Waals surface area contributed by atoms with E-state index in [9.17, 15) is 9.59 Å². The molecule has 0 aromatic rings. The van der Waals surface area contributed by atoms with E-state index in [1.165, 1.54) is 17.1 Å². The predicted molar refractivity (Wildman–Crippen MR) is 58.2 cm³/mol. The summed E-state index contributed by atoms with van der Waals surface area (Å²) >= 11 is 0. The van der Waals surface area contributed by atoms with Crippen LogP contribution in [0, 0.1) is 0 Å². The van der Waals surface area contributed by atoms with Gasteiger partial charge in [0.15, 0.2) is 0 Å². The number of hydrogen-bond acceptors (Lipinski definition) is 3. The Kier molecular flexibility index (Phi) is 3.63. The molecule has 0 atom stereocenters. The van der Waals surface area contributed by atoms with Crippen LogP contribution in [0.25, 0.3) is 0 Å². The topological polar surface area (TPSA) is 49.4 Å². The fourth-order valence-corrected chi connectivity index (χ4v) is 1.35. The smallest absolute Gasteiger partial charge is 0.253 e. The Morgan fingerprint density at radius 2 is 1.73 bits per heavy atom. The van der Waals surface area contributed by atoms with Crippen molar-refractivity contribution in [2.45, 2.75) is 32.7 Å². The fourth-order valence-electron chi connectivity index (χ4n) is 1.35. The predicted octanol–water partition coefficient (Wildman–Crippen LogP) is 0.690. The van der Waals surface area contributed by atoms with Gasteiger partial charge in [-0.25, -0.2) is 0 Å². The number of imide groups is 1. The van der Waals surface area contributed by atoms with E-state index in [0.717, 1.165) is 13.0 Å². The molecule has 1 aliphatic rings. The largest absolute Gasteiger partial charge is 0.312 e. The van der Waals surface area contributed by atoms with Crippen LogP contribution in [0.15, 0.2) is 12.2 Å². The van der Waals surface area contributed by atoms with E-state index in [2.05, 4.69) is 26.1 Å². The highest BCUT2D eigenvalue weighted by atomic mass is 16.2. The Morgan fingerprint density at radius 1 is 1.20 bits per heavy atom. The Hall–Kier alpha value is -1.16. The summed E-state index contributed by atoms with van der Waals surface area (Å²) in [5.74, 6) is -0.397. The minimum atomic E-state index is -0.198. The van der Waals surface area contributed by atoms with E-state index in [-0.39, 0.29) is 17.4 Å². The Morgan fingerprint density at radius 3 is 2.20 bits per heavy atom. The van der Waals surface area contributed by atoms with Gasteiger partial charge < -0.3 is 5.32 Å². The molecule has 0 fully saturated rings. The number of rotatable bonds is 4. The number of nitrogens with zero attached hydrogens (tertiary/aromatic N) is 1. The van der Waals surface area contributed by atoms with Crippen LogP contribution in [-0.4, -0.2) is 35.3 Å². The third-order valence-corrected chi connectivity index (χ3v) is 2.11. The molecule has 1 heterocycles. The van der Waals surface area contributed by atoms with Crippen LogP contribution in [0.4, 0.5) is 0 Å². The quantitative estimate of drug-likeness (QED) is 0.548. The number of carbonyl (C=O) groups is 2. The molecule has 84 valence electrons. The first kappa shape index (κ1) is 11.9. The van der Waals surface area contributed by atoms with Crippen LogP contribution in [0.3, 0.4) is 0 Å². The van der Waals surface area contributed by atoms with Crippen molar-refractivity contribution in [2.24, 2.45) is 0 Å². The van der Waals surface area contributed by atoms with Gasteiger partial charge in [-0.15, -0.1) is 0 Å². The standard InChI is InChI=1S/C11H18N2O2/c1-11(2,3)12-7-4-8-13-9(14)5-6-10(13)15/h5-6,12H,4,7-8H2,1-3H3. The zero-order valence-corrected chi connectivity index (χ0v) is 9.54. The average molecular weight is 210 g/mol. The molecular weight excluding hydrogens is 192 g/mol. The van der Waals surface area contributed by atoms with Crippen molar-refractivity contribution < 1.29 is 9.59 Å². The summed E-state index contributed by atoms with van der Waals surface area (Å²) in [6, 6.07) is 0. The summed E-state index contributed by atoms with van der Waals surface area (Å²) < 4.78 is 0. The minimum absolute atomic E-state index is 0.0806. The van der Waals surface area contributed by atoms with Crippen molar-refractivity contribution >= 4 is 11.8 Å². The number of hydrogen-bond donors (Lipinski definition) is 1. The lowest BCUT2D eigenvalue weighted by molar-refractivity contribution is -0.136. The normalized spacial score (nSPS) is 16.6. The highest BCUT2D eigenvalue weighted by molar-refractivity contribution is 6.12. The van der Waals surface area contributed by atoms with Crippen molar-refractivity contribution in [3.8, 4) is 0 Å². The molecule has 2 amide bonds. The summed E-state index contributed by atoms with van der Waals surface area (Å²) in [6.45, 7) is 7.55. The molecule has 4 nitrogen and oxygen atoms in total. The molecule has 0 aromatic heterocycles. The molecular formula is C11H18N2O2. The lowest BCUT2D eigenvalue weighted by atomic mass is 10.1. The second-order valence-electron chi connectivity index (χ2n) is 4.69. The monoisotopic (exact) mass is 210 g/mol. The van der Waals surface area contributed by atoms with E-state index in [4.69, 9.17) is 0 Å². The summed E-state index contributed by atoms with van der Waals surface area (Å²) in [6.07, 6.45) is 3.43. The molecule has 0 saturated carbocycles. The van der Waals surface area contributed by atoms with Crippen LogP contribution < -0.4 is 5.32 Å². The first-order valence-electron chi connectivity index (χ1n) is 5.19. The lowest BCUT2D eigenvalue weighted by Gasteiger charge is -2.21. The third-order valence-electron chi connectivity index (χ3n) is 2.11. The molecule has 1 rings (SSSR count). The van der Waals surface area contributed by atoms with Crippen molar-refractivity contribution in [1.29, 1.82) is 0 Å². The van der Waals surface area contributed by atoms with Crippen molar-refractivity contribution in [1.82, 2.24) is 10.2 Å². The van der Waals surface area contributed by atoms with Gasteiger partial charge >= 0.3 is 0 Å². The van der Waals surface area contributed by atoms with Crippen molar-refractivity contribution in [3.05, 3.63) is 12.2 Å². The van der Waals surface area contributed by atoms with E-state index in [1.54, 1.807) is 0 Å². The SMILES string of the molecule is CC(C)(C)NCCCN1C(=O)C=CC1=O. The zero-order valence-electron chi connectivity index (χ0n) is 9.54. The van der Waals surface area contributed by atoms with Crippen LogP contribution >= 0.6 is 0 Å². The van der Waals surface area contributed by atoms with E-state index >= 15 is 0 Å².